The highest BCUT2D eigenvalue weighted by atomic mass is 16.5. The largest absolute Gasteiger partial charge is 0.461 e. The molecule has 6 heteroatoms. The summed E-state index contributed by atoms with van der Waals surface area (Å²) in [5.41, 5.74) is 0.488. The van der Waals surface area contributed by atoms with E-state index in [-0.39, 0.29) is 36.8 Å². The van der Waals surface area contributed by atoms with Gasteiger partial charge in [-0.05, 0) is 25.8 Å². The molecule has 6 nitrogen and oxygen atoms in total. The number of carbonyl (C=O) groups is 1. The van der Waals surface area contributed by atoms with Crippen molar-refractivity contribution < 1.29 is 19.4 Å². The second-order valence-corrected chi connectivity index (χ2v) is 4.29. The minimum absolute atomic E-state index is 0.0440. The minimum atomic E-state index is -0.528. The van der Waals surface area contributed by atoms with E-state index in [1.165, 1.54) is 0 Å². The van der Waals surface area contributed by atoms with Gasteiger partial charge in [0, 0.05) is 6.20 Å². The Labute approximate surface area is 111 Å². The zero-order chi connectivity index (χ0) is 13.8. The van der Waals surface area contributed by atoms with E-state index >= 15 is 0 Å². The van der Waals surface area contributed by atoms with Gasteiger partial charge in [0.1, 0.15) is 18.0 Å². The Morgan fingerprint density at radius 2 is 2.47 bits per heavy atom. The number of rotatable bonds is 4. The molecule has 0 radical (unpaired) electrons. The van der Waals surface area contributed by atoms with Crippen LogP contribution >= 0.6 is 0 Å². The summed E-state index contributed by atoms with van der Waals surface area (Å²) in [5.74, 6) is -0.528. The van der Waals surface area contributed by atoms with E-state index in [2.05, 4.69) is 0 Å². The highest BCUT2D eigenvalue weighted by Gasteiger charge is 2.30. The zero-order valence-electron chi connectivity index (χ0n) is 10.7. The van der Waals surface area contributed by atoms with E-state index in [1.54, 1.807) is 23.8 Å². The lowest BCUT2D eigenvalue weighted by Crippen LogP contribution is -2.19. The van der Waals surface area contributed by atoms with Crippen LogP contribution in [0.2, 0.25) is 0 Å². The molecule has 1 aromatic rings. The van der Waals surface area contributed by atoms with Crippen LogP contribution in [0.3, 0.4) is 0 Å². The molecule has 0 saturated carbocycles. The fourth-order valence-corrected chi connectivity index (χ4v) is 2.22. The van der Waals surface area contributed by atoms with Crippen LogP contribution in [0, 0.1) is 11.3 Å². The van der Waals surface area contributed by atoms with Crippen LogP contribution in [-0.4, -0.2) is 35.0 Å². The molecule has 0 unspecified atom stereocenters. The molecule has 2 atom stereocenters. The molecule has 1 aliphatic rings. The molecule has 0 spiro atoms. The molecule has 1 fully saturated rings. The Balaban J connectivity index is 2.29. The molecule has 1 saturated heterocycles. The van der Waals surface area contributed by atoms with Crippen LogP contribution in [0.4, 0.5) is 0 Å². The van der Waals surface area contributed by atoms with Crippen molar-refractivity contribution in [2.45, 2.75) is 32.1 Å². The van der Waals surface area contributed by atoms with Crippen LogP contribution in [0.5, 0.6) is 0 Å². The van der Waals surface area contributed by atoms with Crippen LogP contribution < -0.4 is 0 Å². The van der Waals surface area contributed by atoms with Gasteiger partial charge >= 0.3 is 5.97 Å². The first-order valence-corrected chi connectivity index (χ1v) is 6.25. The monoisotopic (exact) mass is 264 g/mol. The lowest BCUT2D eigenvalue weighted by molar-refractivity contribution is -0.0240. The summed E-state index contributed by atoms with van der Waals surface area (Å²) < 4.78 is 12.2. The molecular weight excluding hydrogens is 248 g/mol. The van der Waals surface area contributed by atoms with Crippen molar-refractivity contribution >= 4 is 5.97 Å². The van der Waals surface area contributed by atoms with Crippen molar-refractivity contribution in [3.8, 4) is 6.07 Å². The van der Waals surface area contributed by atoms with Crippen molar-refractivity contribution in [2.75, 3.05) is 13.2 Å². The third kappa shape index (κ3) is 2.62. The Bertz CT molecular complexity index is 503. The van der Waals surface area contributed by atoms with Gasteiger partial charge in [-0.1, -0.05) is 0 Å². The number of carbonyl (C=O) groups excluding carboxylic acids is 1. The molecule has 0 amide bonds. The second kappa shape index (κ2) is 5.87. The molecule has 19 heavy (non-hydrogen) atoms. The smallest absolute Gasteiger partial charge is 0.356 e. The predicted octanol–water partition coefficient (Wildman–Crippen LogP) is 1.21. The highest BCUT2D eigenvalue weighted by Crippen LogP contribution is 2.30. The summed E-state index contributed by atoms with van der Waals surface area (Å²) in [5, 5.41) is 18.1. The predicted molar refractivity (Wildman–Crippen MR) is 65.3 cm³/mol. The third-order valence-corrected chi connectivity index (χ3v) is 3.10. The standard InChI is InChI=1S/C13H16N2O4/c1-2-18-13(17)12-9(7-14)5-6-15(12)11-4-3-10(8-16)19-11/h5-6,10-11,16H,2-4,8H2,1H3/t10-,11+/m0/s1. The number of aliphatic hydroxyl groups excluding tert-OH is 1. The summed E-state index contributed by atoms with van der Waals surface area (Å²) in [6.07, 6.45) is 2.52. The van der Waals surface area contributed by atoms with Gasteiger partial charge in [0.25, 0.3) is 0 Å². The number of ether oxygens (including phenoxy) is 2. The van der Waals surface area contributed by atoms with E-state index in [0.717, 1.165) is 6.42 Å². The lowest BCUT2D eigenvalue weighted by Gasteiger charge is -2.16. The maximum absolute atomic E-state index is 11.9. The summed E-state index contributed by atoms with van der Waals surface area (Å²) in [4.78, 5) is 11.9. The number of aliphatic hydroxyl groups is 1. The van der Waals surface area contributed by atoms with Gasteiger partial charge in [0.05, 0.1) is 24.9 Å². The van der Waals surface area contributed by atoms with Crippen LogP contribution in [0.1, 0.15) is 42.0 Å². The van der Waals surface area contributed by atoms with Gasteiger partial charge in [-0.25, -0.2) is 4.79 Å². The summed E-state index contributed by atoms with van der Waals surface area (Å²) in [7, 11) is 0. The topological polar surface area (TPSA) is 84.5 Å². The number of hydrogen-bond acceptors (Lipinski definition) is 5. The van der Waals surface area contributed by atoms with Crippen molar-refractivity contribution in [3.05, 3.63) is 23.5 Å². The highest BCUT2D eigenvalue weighted by molar-refractivity contribution is 5.90. The molecule has 0 aromatic carbocycles. The lowest BCUT2D eigenvalue weighted by atomic mass is 10.2. The molecular formula is C13H16N2O4. The number of nitriles is 1. The Kier molecular flexibility index (Phi) is 4.20. The quantitative estimate of drug-likeness (QED) is 0.826. The molecule has 1 aromatic heterocycles. The zero-order valence-corrected chi connectivity index (χ0v) is 10.7. The van der Waals surface area contributed by atoms with E-state index < -0.39 is 5.97 Å². The van der Waals surface area contributed by atoms with E-state index in [0.29, 0.717) is 6.42 Å². The minimum Gasteiger partial charge on any atom is -0.461 e. The van der Waals surface area contributed by atoms with Crippen molar-refractivity contribution in [1.82, 2.24) is 4.57 Å². The van der Waals surface area contributed by atoms with Gasteiger partial charge < -0.3 is 19.1 Å². The van der Waals surface area contributed by atoms with Crippen molar-refractivity contribution in [1.29, 1.82) is 5.26 Å². The molecule has 1 N–H and O–H groups in total. The first-order valence-electron chi connectivity index (χ1n) is 6.25. The summed E-state index contributed by atoms with van der Waals surface area (Å²) >= 11 is 0. The van der Waals surface area contributed by atoms with Crippen LogP contribution in [-0.2, 0) is 9.47 Å². The average molecular weight is 264 g/mol. The average Bonchev–Trinajstić information content (AvgIpc) is 3.04. The van der Waals surface area contributed by atoms with Gasteiger partial charge in [-0.2, -0.15) is 5.26 Å². The number of esters is 1. The SMILES string of the molecule is CCOC(=O)c1c(C#N)ccn1[C@H]1CC[C@@H](CO)O1. The van der Waals surface area contributed by atoms with E-state index in [9.17, 15) is 4.79 Å². The molecule has 0 bridgehead atoms. The third-order valence-electron chi connectivity index (χ3n) is 3.10. The fraction of sp³-hybridized carbons (Fsp3) is 0.538. The van der Waals surface area contributed by atoms with Crippen molar-refractivity contribution in [3.63, 3.8) is 0 Å². The van der Waals surface area contributed by atoms with Crippen LogP contribution in [0.15, 0.2) is 12.3 Å². The molecule has 1 aliphatic heterocycles. The maximum atomic E-state index is 11.9. The Morgan fingerprint density at radius 3 is 3.05 bits per heavy atom. The normalized spacial score (nSPS) is 22.2. The molecule has 2 rings (SSSR count). The Morgan fingerprint density at radius 1 is 1.68 bits per heavy atom. The molecule has 2 heterocycles. The van der Waals surface area contributed by atoms with Crippen molar-refractivity contribution in [2.24, 2.45) is 0 Å². The first-order chi connectivity index (χ1) is 9.21. The van der Waals surface area contributed by atoms with E-state index in [4.69, 9.17) is 19.8 Å². The number of nitrogens with zero attached hydrogens (tertiary/aromatic N) is 2. The number of hydrogen-bond donors (Lipinski definition) is 1. The Hall–Kier alpha value is -1.84. The first kappa shape index (κ1) is 13.6. The summed E-state index contributed by atoms with van der Waals surface area (Å²) in [6, 6.07) is 3.55. The van der Waals surface area contributed by atoms with Gasteiger partial charge in [-0.3, -0.25) is 0 Å². The fourth-order valence-electron chi connectivity index (χ4n) is 2.22. The number of aromatic nitrogens is 1. The van der Waals surface area contributed by atoms with E-state index in [1.807, 2.05) is 6.07 Å². The maximum Gasteiger partial charge on any atom is 0.356 e. The van der Waals surface area contributed by atoms with Gasteiger partial charge in [-0.15, -0.1) is 0 Å². The van der Waals surface area contributed by atoms with Crippen LogP contribution in [0.25, 0.3) is 0 Å². The molecule has 0 aliphatic carbocycles. The van der Waals surface area contributed by atoms with Gasteiger partial charge in [0.15, 0.2) is 0 Å². The molecule has 102 valence electrons. The second-order valence-electron chi connectivity index (χ2n) is 4.29. The summed E-state index contributed by atoms with van der Waals surface area (Å²) in [6.45, 7) is 1.92. The van der Waals surface area contributed by atoms with Gasteiger partial charge in [0.2, 0.25) is 0 Å².